The number of hydrogen-bond acceptors (Lipinski definition) is 2. The van der Waals surface area contributed by atoms with Crippen LogP contribution in [0.2, 0.25) is 0 Å². The summed E-state index contributed by atoms with van der Waals surface area (Å²) in [5, 5.41) is 3.14. The van der Waals surface area contributed by atoms with Crippen LogP contribution in [-0.2, 0) is 19.5 Å². The second-order valence-electron chi connectivity index (χ2n) is 8.48. The van der Waals surface area contributed by atoms with Gasteiger partial charge in [-0.2, -0.15) is 0 Å². The quantitative estimate of drug-likeness (QED) is 0.628. The highest BCUT2D eigenvalue weighted by Crippen LogP contribution is 2.21. The van der Waals surface area contributed by atoms with Gasteiger partial charge in [0.05, 0.1) is 6.04 Å². The highest BCUT2D eigenvalue weighted by atomic mass is 16.1. The maximum atomic E-state index is 12.7. The van der Waals surface area contributed by atoms with Gasteiger partial charge in [0.2, 0.25) is 0 Å². The summed E-state index contributed by atoms with van der Waals surface area (Å²) in [7, 11) is 0. The summed E-state index contributed by atoms with van der Waals surface area (Å²) in [6.07, 6.45) is 1.10. The third kappa shape index (κ3) is 4.63. The maximum absolute atomic E-state index is 12.7. The van der Waals surface area contributed by atoms with E-state index >= 15 is 0 Å². The van der Waals surface area contributed by atoms with Gasteiger partial charge in [0.25, 0.3) is 5.91 Å². The summed E-state index contributed by atoms with van der Waals surface area (Å²) in [6, 6.07) is 23.1. The Morgan fingerprint density at radius 3 is 2.47 bits per heavy atom. The first kappa shape index (κ1) is 20.4. The summed E-state index contributed by atoms with van der Waals surface area (Å²) >= 11 is 0. The zero-order chi connectivity index (χ0) is 21.1. The molecule has 1 atom stereocenters. The Kier molecular flexibility index (Phi) is 6.01. The van der Waals surface area contributed by atoms with E-state index in [1.165, 1.54) is 27.8 Å². The van der Waals surface area contributed by atoms with Gasteiger partial charge in [-0.1, -0.05) is 60.2 Å². The molecule has 0 radical (unpaired) electrons. The van der Waals surface area contributed by atoms with Crippen LogP contribution in [0.5, 0.6) is 0 Å². The third-order valence-corrected chi connectivity index (χ3v) is 6.07. The maximum Gasteiger partial charge on any atom is 0.251 e. The molecule has 0 saturated heterocycles. The minimum absolute atomic E-state index is 0.0220. The fourth-order valence-corrected chi connectivity index (χ4v) is 4.38. The number of amides is 1. The molecule has 30 heavy (non-hydrogen) atoms. The van der Waals surface area contributed by atoms with Gasteiger partial charge >= 0.3 is 0 Å². The van der Waals surface area contributed by atoms with Crippen molar-refractivity contribution in [3.05, 3.63) is 106 Å². The van der Waals surface area contributed by atoms with Crippen LogP contribution in [0.3, 0.4) is 0 Å². The molecule has 3 aromatic carbocycles. The van der Waals surface area contributed by atoms with E-state index in [4.69, 9.17) is 0 Å². The average Bonchev–Trinajstić information content (AvgIpc) is 2.74. The first-order chi connectivity index (χ1) is 14.5. The van der Waals surface area contributed by atoms with Gasteiger partial charge in [-0.3, -0.25) is 9.69 Å². The minimum Gasteiger partial charge on any atom is -0.346 e. The number of carbonyl (C=O) groups is 1. The Morgan fingerprint density at radius 2 is 1.73 bits per heavy atom. The first-order valence-electron chi connectivity index (χ1n) is 10.8. The first-order valence-corrected chi connectivity index (χ1v) is 10.8. The second-order valence-corrected chi connectivity index (χ2v) is 8.48. The average molecular weight is 399 g/mol. The fourth-order valence-electron chi connectivity index (χ4n) is 4.38. The number of hydrogen-bond donors (Lipinski definition) is 1. The largest absolute Gasteiger partial charge is 0.346 e. The number of aryl methyl sites for hydroxylation is 2. The van der Waals surface area contributed by atoms with Crippen molar-refractivity contribution in [2.45, 2.75) is 46.3 Å². The summed E-state index contributed by atoms with van der Waals surface area (Å²) < 4.78 is 0. The number of benzene rings is 3. The number of carbonyl (C=O) groups excluding carboxylic acids is 1. The molecule has 0 unspecified atom stereocenters. The van der Waals surface area contributed by atoms with Crippen LogP contribution in [0, 0.1) is 13.8 Å². The van der Waals surface area contributed by atoms with Gasteiger partial charge in [-0.05, 0) is 67.1 Å². The summed E-state index contributed by atoms with van der Waals surface area (Å²) in [5.41, 5.74) is 8.46. The molecule has 0 aliphatic carbocycles. The monoisotopic (exact) mass is 398 g/mol. The molecule has 1 aliphatic rings. The number of nitrogens with zero attached hydrogens (tertiary/aromatic N) is 1. The van der Waals surface area contributed by atoms with E-state index in [1.807, 2.05) is 19.1 Å². The Hall–Kier alpha value is -2.91. The zero-order valence-corrected chi connectivity index (χ0v) is 18.1. The summed E-state index contributed by atoms with van der Waals surface area (Å²) in [4.78, 5) is 15.2. The van der Waals surface area contributed by atoms with Crippen LogP contribution < -0.4 is 5.32 Å². The van der Waals surface area contributed by atoms with Crippen molar-refractivity contribution in [3.8, 4) is 0 Å². The topological polar surface area (TPSA) is 32.3 Å². The van der Waals surface area contributed by atoms with E-state index in [9.17, 15) is 4.79 Å². The van der Waals surface area contributed by atoms with E-state index < -0.39 is 0 Å². The molecule has 3 heteroatoms. The van der Waals surface area contributed by atoms with Crippen LogP contribution >= 0.6 is 0 Å². The highest BCUT2D eigenvalue weighted by Gasteiger charge is 2.17. The summed E-state index contributed by atoms with van der Waals surface area (Å²) in [6.45, 7) is 9.20. The van der Waals surface area contributed by atoms with Gasteiger partial charge < -0.3 is 5.32 Å². The molecule has 3 nitrogen and oxygen atoms in total. The van der Waals surface area contributed by atoms with Crippen molar-refractivity contribution in [2.75, 3.05) is 6.54 Å². The van der Waals surface area contributed by atoms with Crippen LogP contribution in [0.4, 0.5) is 0 Å². The van der Waals surface area contributed by atoms with E-state index in [-0.39, 0.29) is 11.9 Å². The normalized spacial score (nSPS) is 14.8. The van der Waals surface area contributed by atoms with Crippen molar-refractivity contribution in [1.29, 1.82) is 0 Å². The highest BCUT2D eigenvalue weighted by molar-refractivity contribution is 5.94. The Morgan fingerprint density at radius 1 is 1.00 bits per heavy atom. The van der Waals surface area contributed by atoms with Crippen LogP contribution in [0.25, 0.3) is 0 Å². The molecular weight excluding hydrogens is 368 g/mol. The smallest absolute Gasteiger partial charge is 0.251 e. The molecule has 1 N–H and O–H groups in total. The Bertz CT molecular complexity index is 1040. The lowest BCUT2D eigenvalue weighted by atomic mass is 9.99. The number of fused-ring (bicyclic) bond motifs is 1. The molecule has 4 rings (SSSR count). The molecule has 3 aromatic rings. The van der Waals surface area contributed by atoms with Gasteiger partial charge in [-0.15, -0.1) is 0 Å². The Balaban J connectivity index is 1.37. The Labute approximate surface area is 179 Å². The van der Waals surface area contributed by atoms with Crippen LogP contribution in [0.15, 0.2) is 66.7 Å². The lowest BCUT2D eigenvalue weighted by Crippen LogP contribution is -2.30. The van der Waals surface area contributed by atoms with Gasteiger partial charge in [-0.25, -0.2) is 0 Å². The van der Waals surface area contributed by atoms with Gasteiger partial charge in [0.15, 0.2) is 0 Å². The number of rotatable bonds is 5. The van der Waals surface area contributed by atoms with Gasteiger partial charge in [0.1, 0.15) is 0 Å². The lowest BCUT2D eigenvalue weighted by Gasteiger charge is -2.28. The molecule has 0 aromatic heterocycles. The standard InChI is InChI=1S/C27H30N2O/c1-19-8-13-26(20(2)16-19)21(3)28-27(30)24-11-9-22(10-12-24)17-29-15-14-23-6-4-5-7-25(23)18-29/h4-13,16,21H,14-15,17-18H2,1-3H3,(H,28,30)/t21-/m0/s1. The van der Waals surface area contributed by atoms with Crippen LogP contribution in [-0.4, -0.2) is 17.4 Å². The second kappa shape index (κ2) is 8.85. The molecule has 0 fully saturated rings. The molecule has 0 saturated carbocycles. The lowest BCUT2D eigenvalue weighted by molar-refractivity contribution is 0.0940. The van der Waals surface area contributed by atoms with E-state index in [2.05, 4.69) is 78.7 Å². The van der Waals surface area contributed by atoms with Crippen molar-refractivity contribution in [2.24, 2.45) is 0 Å². The van der Waals surface area contributed by atoms with Crippen molar-refractivity contribution < 1.29 is 4.79 Å². The molecule has 0 spiro atoms. The fraction of sp³-hybridized carbons (Fsp3) is 0.296. The molecule has 0 bridgehead atoms. The predicted molar refractivity (Wildman–Crippen MR) is 122 cm³/mol. The number of nitrogens with one attached hydrogen (secondary N) is 1. The predicted octanol–water partition coefficient (Wildman–Crippen LogP) is 5.35. The molecule has 1 heterocycles. The molecule has 1 amide bonds. The van der Waals surface area contributed by atoms with Crippen molar-refractivity contribution in [3.63, 3.8) is 0 Å². The molecule has 154 valence electrons. The molecular formula is C27H30N2O. The molecule has 1 aliphatic heterocycles. The minimum atomic E-state index is -0.0269. The third-order valence-electron chi connectivity index (χ3n) is 6.07. The van der Waals surface area contributed by atoms with Crippen molar-refractivity contribution in [1.82, 2.24) is 10.2 Å². The van der Waals surface area contributed by atoms with E-state index in [1.54, 1.807) is 0 Å². The SMILES string of the molecule is Cc1ccc([C@H](C)NC(=O)c2ccc(CN3CCc4ccccc4C3)cc2)c(C)c1. The zero-order valence-electron chi connectivity index (χ0n) is 18.1. The van der Waals surface area contributed by atoms with Gasteiger partial charge in [0, 0.05) is 25.2 Å². The van der Waals surface area contributed by atoms with E-state index in [0.29, 0.717) is 5.56 Å². The van der Waals surface area contributed by atoms with E-state index in [0.717, 1.165) is 31.6 Å². The van der Waals surface area contributed by atoms with Crippen molar-refractivity contribution >= 4 is 5.91 Å². The summed E-state index contributed by atoms with van der Waals surface area (Å²) in [5.74, 6) is -0.0269. The van der Waals surface area contributed by atoms with Crippen LogP contribution in [0.1, 0.15) is 56.7 Å².